The molecule has 0 N–H and O–H groups in total. The molecule has 0 aliphatic rings. The van der Waals surface area contributed by atoms with Crippen molar-refractivity contribution in [3.05, 3.63) is 40.7 Å². The van der Waals surface area contributed by atoms with Gasteiger partial charge in [-0.15, -0.1) is 24.5 Å². The number of halogens is 4. The summed E-state index contributed by atoms with van der Waals surface area (Å²) in [5, 5.41) is 6.06. The number of nitrogens with zero attached hydrogens (tertiary/aromatic N) is 2. The molecule has 0 bridgehead atoms. The van der Waals surface area contributed by atoms with E-state index in [1.165, 1.54) is 35.6 Å². The Bertz CT molecular complexity index is 783. The minimum Gasteiger partial charge on any atom is -0.406 e. The first-order chi connectivity index (χ1) is 10.4. The molecule has 0 amide bonds. The Morgan fingerprint density at radius 3 is 2.45 bits per heavy atom. The van der Waals surface area contributed by atoms with Crippen LogP contribution in [0.2, 0.25) is 5.02 Å². The predicted octanol–water partition coefficient (Wildman–Crippen LogP) is 5.02. The molecule has 3 aromatic rings. The van der Waals surface area contributed by atoms with E-state index in [2.05, 4.69) is 14.9 Å². The summed E-state index contributed by atoms with van der Waals surface area (Å²) in [5.41, 5.74) is 0.497. The second-order valence-corrected chi connectivity index (χ2v) is 5.42. The number of thiophene rings is 1. The summed E-state index contributed by atoms with van der Waals surface area (Å²) in [7, 11) is 0. The molecule has 0 aliphatic carbocycles. The average Bonchev–Trinajstić information content (AvgIpc) is 3.06. The Kier molecular flexibility index (Phi) is 3.79. The summed E-state index contributed by atoms with van der Waals surface area (Å²) in [5.74, 6) is 0.185. The van der Waals surface area contributed by atoms with Crippen molar-refractivity contribution in [2.24, 2.45) is 0 Å². The second-order valence-electron chi connectivity index (χ2n) is 4.09. The fourth-order valence-corrected chi connectivity index (χ4v) is 2.74. The van der Waals surface area contributed by atoms with E-state index in [9.17, 15) is 13.2 Å². The van der Waals surface area contributed by atoms with Crippen molar-refractivity contribution in [2.75, 3.05) is 0 Å². The minimum atomic E-state index is -4.73. The van der Waals surface area contributed by atoms with Crippen molar-refractivity contribution in [3.63, 3.8) is 0 Å². The third-order valence-electron chi connectivity index (χ3n) is 2.58. The third kappa shape index (κ3) is 3.23. The van der Waals surface area contributed by atoms with Crippen LogP contribution >= 0.6 is 22.9 Å². The maximum atomic E-state index is 12.1. The van der Waals surface area contributed by atoms with E-state index in [0.717, 1.165) is 0 Å². The van der Waals surface area contributed by atoms with Gasteiger partial charge < -0.3 is 9.26 Å². The van der Waals surface area contributed by atoms with Crippen LogP contribution < -0.4 is 4.74 Å². The van der Waals surface area contributed by atoms with E-state index in [0.29, 0.717) is 15.5 Å². The van der Waals surface area contributed by atoms with Crippen LogP contribution in [0.4, 0.5) is 13.2 Å². The first kappa shape index (κ1) is 14.9. The standard InChI is InChI=1S/C13H6ClF3N2O2S/c14-9-5-6-22-10(9)12-18-11(19-21-12)7-1-3-8(4-2-7)20-13(15,16)17/h1-6H. The molecule has 0 saturated heterocycles. The zero-order valence-corrected chi connectivity index (χ0v) is 12.2. The van der Waals surface area contributed by atoms with Gasteiger partial charge in [0, 0.05) is 5.56 Å². The van der Waals surface area contributed by atoms with Crippen molar-refractivity contribution < 1.29 is 22.4 Å². The van der Waals surface area contributed by atoms with Crippen LogP contribution in [-0.4, -0.2) is 16.5 Å². The van der Waals surface area contributed by atoms with Gasteiger partial charge in [-0.3, -0.25) is 0 Å². The number of rotatable bonds is 3. The molecule has 2 aromatic heterocycles. The van der Waals surface area contributed by atoms with Gasteiger partial charge in [0.2, 0.25) is 5.82 Å². The molecule has 1 aromatic carbocycles. The van der Waals surface area contributed by atoms with Crippen LogP contribution in [0.5, 0.6) is 5.75 Å². The van der Waals surface area contributed by atoms with Gasteiger partial charge >= 0.3 is 6.36 Å². The monoisotopic (exact) mass is 346 g/mol. The second kappa shape index (κ2) is 5.62. The fourth-order valence-electron chi connectivity index (χ4n) is 1.68. The smallest absolute Gasteiger partial charge is 0.406 e. The normalized spacial score (nSPS) is 11.6. The molecule has 0 atom stereocenters. The maximum Gasteiger partial charge on any atom is 0.573 e. The van der Waals surface area contributed by atoms with E-state index in [-0.39, 0.29) is 17.5 Å². The zero-order chi connectivity index (χ0) is 15.7. The molecule has 0 fully saturated rings. The molecule has 0 unspecified atom stereocenters. The van der Waals surface area contributed by atoms with Crippen molar-refractivity contribution in [1.29, 1.82) is 0 Å². The summed E-state index contributed by atoms with van der Waals surface area (Å²) < 4.78 is 45.2. The highest BCUT2D eigenvalue weighted by Crippen LogP contribution is 2.33. The summed E-state index contributed by atoms with van der Waals surface area (Å²) in [4.78, 5) is 4.81. The molecular formula is C13H6ClF3N2O2S. The van der Waals surface area contributed by atoms with Gasteiger partial charge in [-0.05, 0) is 35.7 Å². The third-order valence-corrected chi connectivity index (χ3v) is 3.91. The van der Waals surface area contributed by atoms with Gasteiger partial charge in [-0.2, -0.15) is 4.98 Å². The van der Waals surface area contributed by atoms with E-state index < -0.39 is 6.36 Å². The summed E-state index contributed by atoms with van der Waals surface area (Å²) in [6.45, 7) is 0. The number of aromatic nitrogens is 2. The number of hydrogen-bond donors (Lipinski definition) is 0. The lowest BCUT2D eigenvalue weighted by atomic mass is 10.2. The van der Waals surface area contributed by atoms with Crippen molar-refractivity contribution in [3.8, 4) is 27.9 Å². The van der Waals surface area contributed by atoms with Gasteiger partial charge in [0.05, 0.1) is 5.02 Å². The van der Waals surface area contributed by atoms with Crippen LogP contribution in [0.15, 0.2) is 40.2 Å². The van der Waals surface area contributed by atoms with Crippen LogP contribution in [-0.2, 0) is 0 Å². The van der Waals surface area contributed by atoms with Gasteiger partial charge in [-0.1, -0.05) is 16.8 Å². The molecule has 0 radical (unpaired) electrons. The Labute approximate surface area is 131 Å². The number of alkyl halides is 3. The molecule has 22 heavy (non-hydrogen) atoms. The maximum absolute atomic E-state index is 12.1. The Balaban J connectivity index is 1.83. The lowest BCUT2D eigenvalue weighted by Crippen LogP contribution is -2.16. The highest BCUT2D eigenvalue weighted by atomic mass is 35.5. The SMILES string of the molecule is FC(F)(F)Oc1ccc(-c2noc(-c3sccc3Cl)n2)cc1. The Morgan fingerprint density at radius 1 is 1.14 bits per heavy atom. The summed E-state index contributed by atoms with van der Waals surface area (Å²) >= 11 is 7.32. The first-order valence-corrected chi connectivity index (χ1v) is 7.11. The highest BCUT2D eigenvalue weighted by molar-refractivity contribution is 7.14. The lowest BCUT2D eigenvalue weighted by molar-refractivity contribution is -0.274. The van der Waals surface area contributed by atoms with E-state index >= 15 is 0 Å². The van der Waals surface area contributed by atoms with E-state index in [1.807, 2.05) is 0 Å². The largest absolute Gasteiger partial charge is 0.573 e. The van der Waals surface area contributed by atoms with Crippen LogP contribution in [0.25, 0.3) is 22.2 Å². The van der Waals surface area contributed by atoms with Gasteiger partial charge in [0.1, 0.15) is 10.6 Å². The molecule has 0 spiro atoms. The molecule has 3 rings (SSSR count). The fraction of sp³-hybridized carbons (Fsp3) is 0.0769. The molecule has 0 aliphatic heterocycles. The molecule has 114 valence electrons. The topological polar surface area (TPSA) is 48.2 Å². The predicted molar refractivity (Wildman–Crippen MR) is 74.7 cm³/mol. The molecule has 2 heterocycles. The van der Waals surface area contributed by atoms with Crippen molar-refractivity contribution in [2.45, 2.75) is 6.36 Å². The average molecular weight is 347 g/mol. The highest BCUT2D eigenvalue weighted by Gasteiger charge is 2.31. The molecule has 4 nitrogen and oxygen atoms in total. The van der Waals surface area contributed by atoms with Gasteiger partial charge in [0.15, 0.2) is 0 Å². The van der Waals surface area contributed by atoms with Crippen LogP contribution in [0.3, 0.4) is 0 Å². The van der Waals surface area contributed by atoms with Crippen LogP contribution in [0.1, 0.15) is 0 Å². The van der Waals surface area contributed by atoms with Gasteiger partial charge in [0.25, 0.3) is 5.89 Å². The van der Waals surface area contributed by atoms with Crippen LogP contribution in [0, 0.1) is 0 Å². The first-order valence-electron chi connectivity index (χ1n) is 5.85. The molecule has 9 heteroatoms. The quantitative estimate of drug-likeness (QED) is 0.668. The molecule has 0 saturated carbocycles. The zero-order valence-electron chi connectivity index (χ0n) is 10.6. The number of benzene rings is 1. The summed E-state index contributed by atoms with van der Waals surface area (Å²) in [6.07, 6.45) is -4.73. The summed E-state index contributed by atoms with van der Waals surface area (Å²) in [6, 6.07) is 6.88. The lowest BCUT2D eigenvalue weighted by Gasteiger charge is -2.08. The Hall–Kier alpha value is -2.06. The van der Waals surface area contributed by atoms with Gasteiger partial charge in [-0.25, -0.2) is 0 Å². The molecular weight excluding hydrogens is 341 g/mol. The van der Waals surface area contributed by atoms with E-state index in [1.54, 1.807) is 11.4 Å². The Morgan fingerprint density at radius 2 is 1.86 bits per heavy atom. The van der Waals surface area contributed by atoms with Crippen molar-refractivity contribution >= 4 is 22.9 Å². The number of ether oxygens (including phenoxy) is 1. The van der Waals surface area contributed by atoms with Crippen molar-refractivity contribution in [1.82, 2.24) is 10.1 Å². The minimum absolute atomic E-state index is 0.248. The number of hydrogen-bond acceptors (Lipinski definition) is 5. The van der Waals surface area contributed by atoms with E-state index in [4.69, 9.17) is 16.1 Å².